The fourth-order valence-electron chi connectivity index (χ4n) is 6.89. The van der Waals surface area contributed by atoms with E-state index in [-0.39, 0.29) is 71.9 Å². The summed E-state index contributed by atoms with van der Waals surface area (Å²) in [7, 11) is -1.29. The van der Waals surface area contributed by atoms with Gasteiger partial charge in [0.1, 0.15) is 0 Å². The van der Waals surface area contributed by atoms with Crippen LogP contribution < -0.4 is 14.0 Å². The molecular weight excluding hydrogens is 1610 g/mol. The van der Waals surface area contributed by atoms with Crippen molar-refractivity contribution in [2.75, 3.05) is 0 Å². The minimum absolute atomic E-state index is 0. The maximum atomic E-state index is 10.0. The molecule has 0 aliphatic rings. The Balaban J connectivity index is 0.000000334. The van der Waals surface area contributed by atoms with E-state index < -0.39 is 34.6 Å². The summed E-state index contributed by atoms with van der Waals surface area (Å²) in [5.74, 6) is 14.2. The van der Waals surface area contributed by atoms with Crippen molar-refractivity contribution in [1.82, 2.24) is 19.9 Å². The number of hydrogen-bond donors (Lipinski definition) is 1. The molecule has 4 heterocycles. The molecule has 0 fully saturated rings. The zero-order chi connectivity index (χ0) is 52.9. The summed E-state index contributed by atoms with van der Waals surface area (Å²) in [6.45, 7) is 9.87. The Morgan fingerprint density at radius 3 is 1.22 bits per heavy atom. The molecule has 5 aromatic carbocycles. The molecule has 0 aliphatic carbocycles. The number of aliphatic hydroxyl groups excluding tert-OH is 1. The molecular formula is C64H68Ge2Ir3N4O2Si-4. The van der Waals surface area contributed by atoms with E-state index in [9.17, 15) is 4.79 Å². The number of rotatable bonds is 9. The van der Waals surface area contributed by atoms with Gasteiger partial charge in [-0.15, -0.1) is 71.3 Å². The normalized spacial score (nSPS) is 10.7. The van der Waals surface area contributed by atoms with Gasteiger partial charge < -0.3 is 15.1 Å². The van der Waals surface area contributed by atoms with Gasteiger partial charge in [0, 0.05) is 78.8 Å². The van der Waals surface area contributed by atoms with E-state index >= 15 is 0 Å². The van der Waals surface area contributed by atoms with E-state index in [0.717, 1.165) is 45.0 Å². The molecule has 1 N–H and O–H groups in total. The quantitative estimate of drug-likeness (QED) is 0.0670. The van der Waals surface area contributed by atoms with Gasteiger partial charge in [0.25, 0.3) is 0 Å². The molecule has 9 aromatic rings. The summed E-state index contributed by atoms with van der Waals surface area (Å²) in [4.78, 5) is 28.0. The van der Waals surface area contributed by atoms with Gasteiger partial charge in [0.15, 0.2) is 5.78 Å². The topological polar surface area (TPSA) is 88.9 Å². The van der Waals surface area contributed by atoms with E-state index in [1.807, 2.05) is 122 Å². The molecule has 0 spiro atoms. The molecule has 12 heteroatoms. The first kappa shape index (κ1) is 67.3. The van der Waals surface area contributed by atoms with Crippen molar-refractivity contribution in [1.29, 1.82) is 0 Å². The summed E-state index contributed by atoms with van der Waals surface area (Å²) in [5.41, 5.74) is 10.6. The number of benzene rings is 5. The van der Waals surface area contributed by atoms with Gasteiger partial charge >= 0.3 is 200 Å². The standard InChI is InChI=1S/C20H20NSi.2C14H16GeN.C11H8N.C5H8O2.3Ir/c1-22(2,3)19-12-13-20(21-15-19)18-11-7-10-17(14-18)16-8-5-4-6-9-16;2*1-15(2,3)13-9-10-14(16-11-13)12-7-5-4-6-8-12;1-2-6-10(7-3-1)11-8-4-5-9-12-11;1-4(6)3-5(2)7;;;/h4-10,12-15H,1-3H3;2*4-7,9-11H,1-3H3;1-6,8-9H;3,6H,1-2H3;;;/q4*-1;;;;. The Morgan fingerprint density at radius 2 is 0.882 bits per heavy atom. The number of carbonyl (C=O) groups is 1. The van der Waals surface area contributed by atoms with Crippen molar-refractivity contribution >= 4 is 54.4 Å². The molecule has 0 amide bonds. The van der Waals surface area contributed by atoms with Gasteiger partial charge in [0.2, 0.25) is 0 Å². The maximum Gasteiger partial charge on any atom is 0.0160 e. The van der Waals surface area contributed by atoms with Crippen molar-refractivity contribution in [2.24, 2.45) is 0 Å². The molecule has 399 valence electrons. The molecule has 0 saturated heterocycles. The zero-order valence-corrected chi connectivity index (χ0v) is 57.7. The minimum atomic E-state index is -1.72. The third kappa shape index (κ3) is 23.4. The number of nitrogens with zero attached hydrogens (tertiary/aromatic N) is 4. The van der Waals surface area contributed by atoms with Gasteiger partial charge in [-0.1, -0.05) is 74.2 Å². The van der Waals surface area contributed by atoms with Crippen molar-refractivity contribution in [3.8, 4) is 56.2 Å². The summed E-state index contributed by atoms with van der Waals surface area (Å²) in [6.07, 6.45) is 9.06. The molecule has 4 aromatic heterocycles. The fourth-order valence-corrected chi connectivity index (χ4v) is 12.3. The average Bonchev–Trinajstić information content (AvgIpc) is 3.40. The number of pyridine rings is 4. The van der Waals surface area contributed by atoms with E-state index in [1.54, 1.807) is 6.20 Å². The number of carbonyl (C=O) groups excluding carboxylic acids is 1. The molecule has 6 nitrogen and oxygen atoms in total. The number of aromatic nitrogens is 4. The van der Waals surface area contributed by atoms with Crippen LogP contribution in [0.3, 0.4) is 0 Å². The predicted molar refractivity (Wildman–Crippen MR) is 315 cm³/mol. The number of aliphatic hydroxyl groups is 1. The van der Waals surface area contributed by atoms with Crippen LogP contribution in [-0.4, -0.2) is 65.4 Å². The van der Waals surface area contributed by atoms with Crippen molar-refractivity contribution in [3.05, 3.63) is 237 Å². The van der Waals surface area contributed by atoms with Crippen molar-refractivity contribution in [3.63, 3.8) is 0 Å². The van der Waals surface area contributed by atoms with Gasteiger partial charge in [0.05, 0.1) is 13.8 Å². The first-order valence-corrected chi connectivity index (χ1v) is 42.6. The minimum Gasteiger partial charge on any atom is -0.305 e. The SMILES string of the molecule is CC(=O)C=C(C)O.C[Si](C)(C)c1ccc(-c2[c-]ccc(-c3ccccc3)c2)nc1.[CH3][Ge]([CH3])([CH3])[c]1ccc(-c2[c-]cccc2)nc1.[CH3][Ge]([CH3])([CH3])[c]1ccc(-c2[c-]cccc2)nc1.[Ir].[Ir].[Ir].[c-]1ccccc1-c1ccccn1. The maximum absolute atomic E-state index is 10.0. The van der Waals surface area contributed by atoms with Crippen LogP contribution >= 0.6 is 0 Å². The third-order valence-corrected chi connectivity index (χ3v) is 21.6. The number of ketones is 1. The monoisotopic (exact) mass is 1680 g/mol. The second-order valence-electron chi connectivity index (χ2n) is 20.3. The average molecular weight is 1680 g/mol. The van der Waals surface area contributed by atoms with E-state index in [1.165, 1.54) is 45.0 Å². The third-order valence-electron chi connectivity index (χ3n) is 11.1. The van der Waals surface area contributed by atoms with Crippen LogP contribution in [0.25, 0.3) is 56.2 Å². The first-order chi connectivity index (χ1) is 34.8. The van der Waals surface area contributed by atoms with Crippen LogP contribution in [0.2, 0.25) is 54.2 Å². The second kappa shape index (κ2) is 33.5. The summed E-state index contributed by atoms with van der Waals surface area (Å²) < 4.78 is 2.89. The predicted octanol–water partition coefficient (Wildman–Crippen LogP) is 14.5. The summed E-state index contributed by atoms with van der Waals surface area (Å²) >= 11 is -3.43. The summed E-state index contributed by atoms with van der Waals surface area (Å²) in [6, 6.07) is 72.1. The van der Waals surface area contributed by atoms with Crippen molar-refractivity contribution in [2.45, 2.75) is 68.0 Å². The Hall–Kier alpha value is -4.84. The Kier molecular flexibility index (Phi) is 29.6. The molecule has 0 unspecified atom stereocenters. The summed E-state index contributed by atoms with van der Waals surface area (Å²) in [5, 5.41) is 9.75. The van der Waals surface area contributed by atoms with E-state index in [4.69, 9.17) is 5.11 Å². The van der Waals surface area contributed by atoms with Crippen LogP contribution in [-0.2, 0) is 65.1 Å². The van der Waals surface area contributed by atoms with Gasteiger partial charge in [-0.3, -0.25) is 4.79 Å². The number of hydrogen-bond acceptors (Lipinski definition) is 6. The van der Waals surface area contributed by atoms with E-state index in [2.05, 4.69) is 171 Å². The van der Waals surface area contributed by atoms with Crippen LogP contribution in [0.5, 0.6) is 0 Å². The Morgan fingerprint density at radius 1 is 0.461 bits per heavy atom. The largest absolute Gasteiger partial charge is 0.305 e. The van der Waals surface area contributed by atoms with Gasteiger partial charge in [-0.25, -0.2) is 0 Å². The van der Waals surface area contributed by atoms with Gasteiger partial charge in [-0.2, -0.15) is 0 Å². The number of allylic oxidation sites excluding steroid dienone is 2. The molecule has 0 atom stereocenters. The second-order valence-corrected chi connectivity index (χ2v) is 46.7. The van der Waals surface area contributed by atoms with Crippen LogP contribution in [0.1, 0.15) is 13.8 Å². The molecule has 0 saturated carbocycles. The van der Waals surface area contributed by atoms with Crippen LogP contribution in [0.15, 0.2) is 213 Å². The fraction of sp³-hybridized carbons (Fsp3) is 0.172. The first-order valence-electron chi connectivity index (χ1n) is 24.4. The molecule has 3 radical (unpaired) electrons. The molecule has 76 heavy (non-hydrogen) atoms. The van der Waals surface area contributed by atoms with Crippen molar-refractivity contribution < 1.29 is 70.2 Å². The van der Waals surface area contributed by atoms with Gasteiger partial charge in [-0.05, 0) is 42.1 Å². The zero-order valence-electron chi connectivity index (χ0n) is 45.3. The molecule has 0 bridgehead atoms. The Labute approximate surface area is 500 Å². The molecule has 0 aliphatic heterocycles. The smallest absolute Gasteiger partial charge is 0.0160 e. The van der Waals surface area contributed by atoms with Crippen LogP contribution in [0, 0.1) is 24.3 Å². The van der Waals surface area contributed by atoms with Crippen LogP contribution in [0.4, 0.5) is 0 Å². The Bertz CT molecular complexity index is 2930. The van der Waals surface area contributed by atoms with E-state index in [0.29, 0.717) is 0 Å². The molecule has 9 rings (SSSR count).